The van der Waals surface area contributed by atoms with E-state index in [2.05, 4.69) is 10.3 Å². The molecule has 0 atom stereocenters. The first-order chi connectivity index (χ1) is 8.19. The lowest BCUT2D eigenvalue weighted by molar-refractivity contribution is 0.159. The Kier molecular flexibility index (Phi) is 5.42. The van der Waals surface area contributed by atoms with E-state index >= 15 is 0 Å². The van der Waals surface area contributed by atoms with Gasteiger partial charge in [0.15, 0.2) is 0 Å². The number of rotatable bonds is 5. The van der Waals surface area contributed by atoms with E-state index in [1.807, 2.05) is 13.8 Å². The SMILES string of the molecule is CCCCOC(=O)Nc1nccc(C)c1CO. The topological polar surface area (TPSA) is 71.5 Å². The Morgan fingerprint density at radius 3 is 3.00 bits per heavy atom. The molecule has 0 saturated carbocycles. The van der Waals surface area contributed by atoms with Crippen LogP contribution in [0.2, 0.25) is 0 Å². The second kappa shape index (κ2) is 6.85. The monoisotopic (exact) mass is 238 g/mol. The minimum atomic E-state index is -0.536. The summed E-state index contributed by atoms with van der Waals surface area (Å²) in [6.45, 7) is 4.10. The van der Waals surface area contributed by atoms with Crippen molar-refractivity contribution in [2.45, 2.75) is 33.3 Å². The van der Waals surface area contributed by atoms with Crippen LogP contribution in [0, 0.1) is 6.92 Å². The number of unbranched alkanes of at least 4 members (excludes halogenated alkanes) is 1. The Labute approximate surface area is 101 Å². The molecule has 0 bridgehead atoms. The van der Waals surface area contributed by atoms with Crippen LogP contribution in [0.5, 0.6) is 0 Å². The highest BCUT2D eigenvalue weighted by Gasteiger charge is 2.10. The predicted octanol–water partition coefficient (Wildman–Crippen LogP) is 2.23. The van der Waals surface area contributed by atoms with Crippen LogP contribution in [-0.4, -0.2) is 22.8 Å². The second-order valence-electron chi connectivity index (χ2n) is 3.73. The lowest BCUT2D eigenvalue weighted by Gasteiger charge is -2.10. The average molecular weight is 238 g/mol. The maximum atomic E-state index is 11.4. The molecule has 1 amide bonds. The van der Waals surface area contributed by atoms with Crippen molar-refractivity contribution in [3.63, 3.8) is 0 Å². The first kappa shape index (κ1) is 13.4. The van der Waals surface area contributed by atoms with Gasteiger partial charge in [-0.25, -0.2) is 9.78 Å². The van der Waals surface area contributed by atoms with Crippen molar-refractivity contribution in [3.05, 3.63) is 23.4 Å². The molecule has 0 fully saturated rings. The summed E-state index contributed by atoms with van der Waals surface area (Å²) in [5.74, 6) is 0.356. The number of hydrogen-bond donors (Lipinski definition) is 2. The molecule has 0 radical (unpaired) electrons. The van der Waals surface area contributed by atoms with Crippen molar-refractivity contribution in [3.8, 4) is 0 Å². The number of ether oxygens (including phenoxy) is 1. The summed E-state index contributed by atoms with van der Waals surface area (Å²) in [6, 6.07) is 1.78. The van der Waals surface area contributed by atoms with Gasteiger partial charge in [-0.3, -0.25) is 5.32 Å². The number of aromatic nitrogens is 1. The Morgan fingerprint density at radius 1 is 1.59 bits per heavy atom. The number of nitrogens with one attached hydrogen (secondary N) is 1. The molecular weight excluding hydrogens is 220 g/mol. The normalized spacial score (nSPS) is 10.1. The molecule has 5 heteroatoms. The fourth-order valence-corrected chi connectivity index (χ4v) is 1.34. The summed E-state index contributed by atoms with van der Waals surface area (Å²) < 4.78 is 4.95. The molecule has 0 aliphatic carbocycles. The van der Waals surface area contributed by atoms with Crippen LogP contribution in [0.25, 0.3) is 0 Å². The van der Waals surface area contributed by atoms with Gasteiger partial charge in [-0.1, -0.05) is 13.3 Å². The first-order valence-corrected chi connectivity index (χ1v) is 5.68. The van der Waals surface area contributed by atoms with E-state index in [0.29, 0.717) is 18.0 Å². The van der Waals surface area contributed by atoms with Gasteiger partial charge in [-0.15, -0.1) is 0 Å². The summed E-state index contributed by atoms with van der Waals surface area (Å²) in [6.07, 6.45) is 2.85. The fourth-order valence-electron chi connectivity index (χ4n) is 1.34. The number of carbonyl (C=O) groups is 1. The zero-order chi connectivity index (χ0) is 12.7. The van der Waals surface area contributed by atoms with E-state index in [1.165, 1.54) is 0 Å². The second-order valence-corrected chi connectivity index (χ2v) is 3.73. The van der Waals surface area contributed by atoms with Gasteiger partial charge in [0, 0.05) is 11.8 Å². The molecule has 0 aliphatic rings. The van der Waals surface area contributed by atoms with Crippen LogP contribution < -0.4 is 5.32 Å². The van der Waals surface area contributed by atoms with Crippen LogP contribution in [-0.2, 0) is 11.3 Å². The van der Waals surface area contributed by atoms with Crippen LogP contribution in [0.15, 0.2) is 12.3 Å². The van der Waals surface area contributed by atoms with Gasteiger partial charge in [0.05, 0.1) is 13.2 Å². The van der Waals surface area contributed by atoms with Crippen molar-refractivity contribution in [2.24, 2.45) is 0 Å². The van der Waals surface area contributed by atoms with E-state index in [9.17, 15) is 9.90 Å². The van der Waals surface area contributed by atoms with Crippen LogP contribution in [0.3, 0.4) is 0 Å². The Hall–Kier alpha value is -1.62. The van der Waals surface area contributed by atoms with E-state index < -0.39 is 6.09 Å². The highest BCUT2D eigenvalue weighted by atomic mass is 16.5. The smallest absolute Gasteiger partial charge is 0.412 e. The lowest BCUT2D eigenvalue weighted by atomic mass is 10.1. The number of hydrogen-bond acceptors (Lipinski definition) is 4. The lowest BCUT2D eigenvalue weighted by Crippen LogP contribution is -2.17. The molecule has 0 aliphatic heterocycles. The number of pyridine rings is 1. The zero-order valence-electron chi connectivity index (χ0n) is 10.2. The third-order valence-corrected chi connectivity index (χ3v) is 2.40. The minimum absolute atomic E-state index is 0.162. The molecule has 94 valence electrons. The Morgan fingerprint density at radius 2 is 2.35 bits per heavy atom. The van der Waals surface area contributed by atoms with E-state index in [-0.39, 0.29) is 6.61 Å². The summed E-state index contributed by atoms with van der Waals surface area (Å²) in [7, 11) is 0. The van der Waals surface area contributed by atoms with Crippen molar-refractivity contribution in [1.82, 2.24) is 4.98 Å². The summed E-state index contributed by atoms with van der Waals surface area (Å²) in [4.78, 5) is 15.4. The minimum Gasteiger partial charge on any atom is -0.449 e. The summed E-state index contributed by atoms with van der Waals surface area (Å²) >= 11 is 0. The van der Waals surface area contributed by atoms with Gasteiger partial charge in [0.25, 0.3) is 0 Å². The molecule has 0 saturated heterocycles. The van der Waals surface area contributed by atoms with E-state index in [4.69, 9.17) is 4.74 Å². The number of anilines is 1. The Bertz CT molecular complexity index is 380. The van der Waals surface area contributed by atoms with Gasteiger partial charge >= 0.3 is 6.09 Å². The number of amides is 1. The maximum absolute atomic E-state index is 11.4. The molecule has 0 spiro atoms. The Balaban J connectivity index is 2.61. The van der Waals surface area contributed by atoms with Crippen molar-refractivity contribution < 1.29 is 14.6 Å². The van der Waals surface area contributed by atoms with Gasteiger partial charge < -0.3 is 9.84 Å². The van der Waals surface area contributed by atoms with Crippen LogP contribution >= 0.6 is 0 Å². The van der Waals surface area contributed by atoms with Gasteiger partial charge in [-0.2, -0.15) is 0 Å². The highest BCUT2D eigenvalue weighted by molar-refractivity contribution is 5.84. The number of aryl methyl sites for hydroxylation is 1. The van der Waals surface area contributed by atoms with Crippen LogP contribution in [0.4, 0.5) is 10.6 Å². The molecule has 1 heterocycles. The number of aliphatic hydroxyl groups is 1. The fraction of sp³-hybridized carbons (Fsp3) is 0.500. The first-order valence-electron chi connectivity index (χ1n) is 5.68. The summed E-state index contributed by atoms with van der Waals surface area (Å²) in [5.41, 5.74) is 1.49. The molecule has 5 nitrogen and oxygen atoms in total. The largest absolute Gasteiger partial charge is 0.449 e. The standard InChI is InChI=1S/C12H18N2O3/c1-3-4-7-17-12(16)14-11-10(8-15)9(2)5-6-13-11/h5-6,15H,3-4,7-8H2,1-2H3,(H,13,14,16). The van der Waals surface area contributed by atoms with Crippen LogP contribution in [0.1, 0.15) is 30.9 Å². The van der Waals surface area contributed by atoms with Gasteiger partial charge in [0.1, 0.15) is 5.82 Å². The highest BCUT2D eigenvalue weighted by Crippen LogP contribution is 2.16. The predicted molar refractivity (Wildman–Crippen MR) is 64.8 cm³/mol. The molecule has 0 unspecified atom stereocenters. The van der Waals surface area contributed by atoms with Crippen molar-refractivity contribution in [2.75, 3.05) is 11.9 Å². The van der Waals surface area contributed by atoms with Crippen molar-refractivity contribution >= 4 is 11.9 Å². The molecule has 1 rings (SSSR count). The third-order valence-electron chi connectivity index (χ3n) is 2.40. The van der Waals surface area contributed by atoms with Gasteiger partial charge in [0.2, 0.25) is 0 Å². The zero-order valence-corrected chi connectivity index (χ0v) is 10.2. The average Bonchev–Trinajstić information content (AvgIpc) is 2.29. The molecule has 2 N–H and O–H groups in total. The van der Waals surface area contributed by atoms with Crippen molar-refractivity contribution in [1.29, 1.82) is 0 Å². The molecule has 17 heavy (non-hydrogen) atoms. The maximum Gasteiger partial charge on any atom is 0.412 e. The molecule has 0 aromatic carbocycles. The molecular formula is C12H18N2O3. The number of carbonyl (C=O) groups excluding carboxylic acids is 1. The quantitative estimate of drug-likeness (QED) is 0.772. The number of nitrogens with zero attached hydrogens (tertiary/aromatic N) is 1. The van der Waals surface area contributed by atoms with Gasteiger partial charge in [-0.05, 0) is 25.0 Å². The van der Waals surface area contributed by atoms with E-state index in [1.54, 1.807) is 12.3 Å². The molecule has 1 aromatic rings. The summed E-state index contributed by atoms with van der Waals surface area (Å²) in [5, 5.41) is 11.7. The molecule has 1 aromatic heterocycles. The third kappa shape index (κ3) is 4.03. The van der Waals surface area contributed by atoms with E-state index in [0.717, 1.165) is 18.4 Å². The number of aliphatic hydroxyl groups excluding tert-OH is 1.